The lowest BCUT2D eigenvalue weighted by Gasteiger charge is -2.17. The van der Waals surface area contributed by atoms with Gasteiger partial charge in [-0.1, -0.05) is 96.8 Å². The molecule has 0 aliphatic heterocycles. The van der Waals surface area contributed by atoms with E-state index in [-0.39, 0.29) is 0 Å². The Morgan fingerprint density at radius 3 is 2.13 bits per heavy atom. The van der Waals surface area contributed by atoms with Crippen molar-refractivity contribution in [1.29, 1.82) is 0 Å². The molecule has 1 atom stereocenters. The molecule has 0 fully saturated rings. The Morgan fingerprint density at radius 2 is 1.48 bits per heavy atom. The highest BCUT2D eigenvalue weighted by Crippen LogP contribution is 2.29. The lowest BCUT2D eigenvalue weighted by Crippen LogP contribution is -2.04. The van der Waals surface area contributed by atoms with Crippen LogP contribution in [0, 0.1) is 5.92 Å². The second-order valence-corrected chi connectivity index (χ2v) is 7.06. The lowest BCUT2D eigenvalue weighted by molar-refractivity contribution is 0.418. The highest BCUT2D eigenvalue weighted by Gasteiger charge is 2.12. The van der Waals surface area contributed by atoms with E-state index in [1.807, 2.05) is 0 Å². The zero-order valence-corrected chi connectivity index (χ0v) is 15.7. The van der Waals surface area contributed by atoms with E-state index in [2.05, 4.69) is 39.0 Å². The molecule has 0 radical (unpaired) electrons. The fourth-order valence-electron chi connectivity index (χ4n) is 3.37. The highest BCUT2D eigenvalue weighted by molar-refractivity contribution is 5.40. The minimum atomic E-state index is 0.580. The molecular weight excluding hydrogens is 280 g/mol. The number of rotatable bonds is 13. The van der Waals surface area contributed by atoms with Crippen LogP contribution < -0.4 is 0 Å². The average molecular weight is 319 g/mol. The molecule has 0 bridgehead atoms. The summed E-state index contributed by atoms with van der Waals surface area (Å²) in [6.45, 7) is 6.79. The van der Waals surface area contributed by atoms with Gasteiger partial charge in [0.25, 0.3) is 0 Å². The van der Waals surface area contributed by atoms with Gasteiger partial charge >= 0.3 is 0 Å². The van der Waals surface area contributed by atoms with Gasteiger partial charge < -0.3 is 5.11 Å². The summed E-state index contributed by atoms with van der Waals surface area (Å²) in [4.78, 5) is 0. The molecule has 0 aromatic heterocycles. The molecule has 0 saturated carbocycles. The van der Waals surface area contributed by atoms with Crippen LogP contribution in [0.4, 0.5) is 0 Å². The van der Waals surface area contributed by atoms with Crippen molar-refractivity contribution in [2.75, 3.05) is 0 Å². The third kappa shape index (κ3) is 7.90. The predicted octanol–water partition coefficient (Wildman–Crippen LogP) is 7.05. The van der Waals surface area contributed by atoms with Crippen LogP contribution >= 0.6 is 0 Å². The van der Waals surface area contributed by atoms with Crippen LogP contribution in [0.1, 0.15) is 96.1 Å². The Labute approximate surface area is 144 Å². The van der Waals surface area contributed by atoms with E-state index in [9.17, 15) is 5.11 Å². The van der Waals surface area contributed by atoms with Crippen molar-refractivity contribution in [2.45, 2.75) is 97.8 Å². The van der Waals surface area contributed by atoms with Crippen LogP contribution in [-0.4, -0.2) is 5.11 Å². The van der Waals surface area contributed by atoms with Crippen LogP contribution in [0.5, 0.6) is 5.75 Å². The molecule has 1 aromatic rings. The molecule has 0 aliphatic carbocycles. The first-order valence-corrected chi connectivity index (χ1v) is 10.0. The average Bonchev–Trinajstić information content (AvgIpc) is 2.57. The maximum atomic E-state index is 10.6. The molecule has 1 heteroatoms. The molecule has 0 saturated heterocycles. The van der Waals surface area contributed by atoms with Crippen molar-refractivity contribution in [3.8, 4) is 5.75 Å². The quantitative estimate of drug-likeness (QED) is 0.386. The summed E-state index contributed by atoms with van der Waals surface area (Å²) in [5.41, 5.74) is 2.32. The SMILES string of the molecule is CCCCCCc1cccc(CC(CC)CCCCCC)c1O. The Bertz CT molecular complexity index is 410. The summed E-state index contributed by atoms with van der Waals surface area (Å²) >= 11 is 0. The molecule has 1 nitrogen and oxygen atoms in total. The molecule has 1 N–H and O–H groups in total. The van der Waals surface area contributed by atoms with E-state index in [1.165, 1.54) is 69.8 Å². The zero-order chi connectivity index (χ0) is 16.9. The number of benzene rings is 1. The number of hydrogen-bond acceptors (Lipinski definition) is 1. The molecule has 0 heterocycles. The summed E-state index contributed by atoms with van der Waals surface area (Å²) in [7, 11) is 0. The van der Waals surface area contributed by atoms with Crippen molar-refractivity contribution < 1.29 is 5.11 Å². The van der Waals surface area contributed by atoms with E-state index in [4.69, 9.17) is 0 Å². The Balaban J connectivity index is 2.53. The number of unbranched alkanes of at least 4 members (excludes halogenated alkanes) is 6. The van der Waals surface area contributed by atoms with Crippen molar-refractivity contribution in [2.24, 2.45) is 5.92 Å². The maximum absolute atomic E-state index is 10.6. The second kappa shape index (κ2) is 12.4. The zero-order valence-electron chi connectivity index (χ0n) is 15.7. The Kier molecular flexibility index (Phi) is 10.9. The summed E-state index contributed by atoms with van der Waals surface area (Å²) in [6, 6.07) is 6.36. The molecule has 23 heavy (non-hydrogen) atoms. The minimum Gasteiger partial charge on any atom is -0.507 e. The molecule has 0 aliphatic rings. The van der Waals surface area contributed by atoms with Crippen molar-refractivity contribution in [3.63, 3.8) is 0 Å². The third-order valence-electron chi connectivity index (χ3n) is 5.05. The first-order chi connectivity index (χ1) is 11.2. The van der Waals surface area contributed by atoms with Crippen LogP contribution in [0.15, 0.2) is 18.2 Å². The number of hydrogen-bond donors (Lipinski definition) is 1. The van der Waals surface area contributed by atoms with Gasteiger partial charge in [-0.25, -0.2) is 0 Å². The first kappa shape index (κ1) is 20.1. The molecule has 1 unspecified atom stereocenters. The van der Waals surface area contributed by atoms with Gasteiger partial charge in [-0.3, -0.25) is 0 Å². The summed E-state index contributed by atoms with van der Waals surface area (Å²) < 4.78 is 0. The molecule has 132 valence electrons. The number of aryl methyl sites for hydroxylation is 1. The van der Waals surface area contributed by atoms with Gasteiger partial charge in [0.15, 0.2) is 0 Å². The molecule has 1 aromatic carbocycles. The van der Waals surface area contributed by atoms with Crippen LogP contribution in [0.2, 0.25) is 0 Å². The Morgan fingerprint density at radius 1 is 0.826 bits per heavy atom. The third-order valence-corrected chi connectivity index (χ3v) is 5.05. The van der Waals surface area contributed by atoms with Gasteiger partial charge in [0.2, 0.25) is 0 Å². The summed E-state index contributed by atoms with van der Waals surface area (Å²) in [5.74, 6) is 1.30. The summed E-state index contributed by atoms with van der Waals surface area (Å²) in [6.07, 6.45) is 15.0. The largest absolute Gasteiger partial charge is 0.507 e. The van der Waals surface area contributed by atoms with E-state index in [1.54, 1.807) is 0 Å². The molecular formula is C22H38O. The van der Waals surface area contributed by atoms with E-state index >= 15 is 0 Å². The molecule has 1 rings (SSSR count). The smallest absolute Gasteiger partial charge is 0.121 e. The van der Waals surface area contributed by atoms with Crippen LogP contribution in [-0.2, 0) is 12.8 Å². The lowest BCUT2D eigenvalue weighted by atomic mass is 9.90. The molecule has 0 amide bonds. The van der Waals surface area contributed by atoms with Gasteiger partial charge in [0.05, 0.1) is 0 Å². The van der Waals surface area contributed by atoms with Crippen LogP contribution in [0.25, 0.3) is 0 Å². The first-order valence-electron chi connectivity index (χ1n) is 10.0. The number of phenolic OH excluding ortho intramolecular Hbond substituents is 1. The van der Waals surface area contributed by atoms with Crippen molar-refractivity contribution in [3.05, 3.63) is 29.3 Å². The maximum Gasteiger partial charge on any atom is 0.121 e. The van der Waals surface area contributed by atoms with Gasteiger partial charge in [0.1, 0.15) is 5.75 Å². The fraction of sp³-hybridized carbons (Fsp3) is 0.727. The van der Waals surface area contributed by atoms with Gasteiger partial charge in [-0.15, -0.1) is 0 Å². The van der Waals surface area contributed by atoms with E-state index < -0.39 is 0 Å². The topological polar surface area (TPSA) is 20.2 Å². The standard InChI is InChI=1S/C22H38O/c1-4-7-9-11-14-19(6-3)18-21-17-13-16-20(22(21)23)15-12-10-8-5-2/h13,16-17,19,23H,4-12,14-15,18H2,1-3H3. The molecule has 0 spiro atoms. The normalized spacial score (nSPS) is 12.5. The highest BCUT2D eigenvalue weighted by atomic mass is 16.3. The second-order valence-electron chi connectivity index (χ2n) is 7.06. The minimum absolute atomic E-state index is 0.580. The number of phenols is 1. The number of para-hydroxylation sites is 1. The van der Waals surface area contributed by atoms with Crippen LogP contribution in [0.3, 0.4) is 0 Å². The van der Waals surface area contributed by atoms with Crippen molar-refractivity contribution >= 4 is 0 Å². The van der Waals surface area contributed by atoms with Crippen molar-refractivity contribution in [1.82, 2.24) is 0 Å². The van der Waals surface area contributed by atoms with Gasteiger partial charge in [0, 0.05) is 0 Å². The van der Waals surface area contributed by atoms with E-state index in [0.717, 1.165) is 18.4 Å². The summed E-state index contributed by atoms with van der Waals surface area (Å²) in [5, 5.41) is 10.6. The van der Waals surface area contributed by atoms with E-state index in [0.29, 0.717) is 11.7 Å². The Hall–Kier alpha value is -0.980. The predicted molar refractivity (Wildman–Crippen MR) is 102 cm³/mol. The monoisotopic (exact) mass is 318 g/mol. The fourth-order valence-corrected chi connectivity index (χ4v) is 3.37. The van der Waals surface area contributed by atoms with Gasteiger partial charge in [-0.2, -0.15) is 0 Å². The number of aromatic hydroxyl groups is 1. The van der Waals surface area contributed by atoms with Gasteiger partial charge in [-0.05, 0) is 36.3 Å².